The standard InChI is InChI=1S/C16H19BrN4O/c17-13-2-1-3-14(10-13)21-8-6-20(7-9-21)11-15-18-19-16(22-15)12-4-5-12/h1-3,10,12H,4-9,11H2. The number of piperazine rings is 1. The Morgan fingerprint density at radius 3 is 2.68 bits per heavy atom. The van der Waals surface area contributed by atoms with Crippen molar-refractivity contribution in [2.24, 2.45) is 0 Å². The normalized spacial score (nSPS) is 19.6. The van der Waals surface area contributed by atoms with Crippen LogP contribution in [0.5, 0.6) is 0 Å². The zero-order valence-corrected chi connectivity index (χ0v) is 14.0. The third-order valence-electron chi connectivity index (χ3n) is 4.31. The van der Waals surface area contributed by atoms with E-state index in [9.17, 15) is 0 Å². The highest BCUT2D eigenvalue weighted by atomic mass is 79.9. The van der Waals surface area contributed by atoms with Crippen molar-refractivity contribution < 1.29 is 4.42 Å². The molecule has 1 aromatic carbocycles. The minimum Gasteiger partial charge on any atom is -0.424 e. The molecule has 2 aliphatic rings. The van der Waals surface area contributed by atoms with Crippen molar-refractivity contribution in [3.63, 3.8) is 0 Å². The van der Waals surface area contributed by atoms with Crippen LogP contribution in [0.25, 0.3) is 0 Å². The number of halogens is 1. The molecule has 0 atom stereocenters. The Bertz CT molecular complexity index is 647. The van der Waals surface area contributed by atoms with Crippen molar-refractivity contribution in [2.75, 3.05) is 31.1 Å². The van der Waals surface area contributed by atoms with Crippen LogP contribution in [0.3, 0.4) is 0 Å². The van der Waals surface area contributed by atoms with Crippen LogP contribution in [0.4, 0.5) is 5.69 Å². The first-order chi connectivity index (χ1) is 10.8. The summed E-state index contributed by atoms with van der Waals surface area (Å²) in [6.07, 6.45) is 2.40. The van der Waals surface area contributed by atoms with Crippen LogP contribution in [0.15, 0.2) is 33.2 Å². The maximum atomic E-state index is 5.75. The van der Waals surface area contributed by atoms with Crippen molar-refractivity contribution in [1.82, 2.24) is 15.1 Å². The van der Waals surface area contributed by atoms with Crippen molar-refractivity contribution in [3.8, 4) is 0 Å². The molecule has 116 valence electrons. The molecule has 2 heterocycles. The van der Waals surface area contributed by atoms with Crippen LogP contribution >= 0.6 is 15.9 Å². The number of hydrogen-bond acceptors (Lipinski definition) is 5. The first-order valence-corrected chi connectivity index (χ1v) is 8.62. The molecule has 6 heteroatoms. The maximum Gasteiger partial charge on any atom is 0.230 e. The van der Waals surface area contributed by atoms with Crippen LogP contribution < -0.4 is 4.90 Å². The second-order valence-electron chi connectivity index (χ2n) is 6.05. The zero-order chi connectivity index (χ0) is 14.9. The van der Waals surface area contributed by atoms with Gasteiger partial charge in [0, 0.05) is 42.3 Å². The molecule has 4 rings (SSSR count). The molecule has 0 N–H and O–H groups in total. The average molecular weight is 363 g/mol. The van der Waals surface area contributed by atoms with Crippen LogP contribution in [0, 0.1) is 0 Å². The highest BCUT2D eigenvalue weighted by Crippen LogP contribution is 2.39. The molecule has 1 aromatic heterocycles. The van der Waals surface area contributed by atoms with E-state index < -0.39 is 0 Å². The number of rotatable bonds is 4. The molecule has 2 aromatic rings. The summed E-state index contributed by atoms with van der Waals surface area (Å²) < 4.78 is 6.88. The van der Waals surface area contributed by atoms with Gasteiger partial charge < -0.3 is 9.32 Å². The van der Waals surface area contributed by atoms with E-state index in [2.05, 4.69) is 60.2 Å². The highest BCUT2D eigenvalue weighted by molar-refractivity contribution is 9.10. The fourth-order valence-corrected chi connectivity index (χ4v) is 3.24. The molecule has 22 heavy (non-hydrogen) atoms. The lowest BCUT2D eigenvalue weighted by Crippen LogP contribution is -2.46. The van der Waals surface area contributed by atoms with Gasteiger partial charge in [0.1, 0.15) is 0 Å². The van der Waals surface area contributed by atoms with E-state index in [0.717, 1.165) is 49.0 Å². The predicted molar refractivity (Wildman–Crippen MR) is 87.9 cm³/mol. The zero-order valence-electron chi connectivity index (χ0n) is 12.4. The van der Waals surface area contributed by atoms with E-state index in [1.54, 1.807) is 0 Å². The van der Waals surface area contributed by atoms with Crippen LogP contribution in [-0.4, -0.2) is 41.3 Å². The van der Waals surface area contributed by atoms with Gasteiger partial charge >= 0.3 is 0 Å². The lowest BCUT2D eigenvalue weighted by molar-refractivity contribution is 0.224. The average Bonchev–Trinajstić information content (AvgIpc) is 3.28. The second kappa shape index (κ2) is 6.01. The number of anilines is 1. The summed E-state index contributed by atoms with van der Waals surface area (Å²) in [5.41, 5.74) is 1.28. The number of nitrogens with zero attached hydrogens (tertiary/aromatic N) is 4. The van der Waals surface area contributed by atoms with Crippen molar-refractivity contribution in [1.29, 1.82) is 0 Å². The van der Waals surface area contributed by atoms with Crippen molar-refractivity contribution in [2.45, 2.75) is 25.3 Å². The second-order valence-corrected chi connectivity index (χ2v) is 6.97. The van der Waals surface area contributed by atoms with Gasteiger partial charge in [-0.1, -0.05) is 22.0 Å². The van der Waals surface area contributed by atoms with Gasteiger partial charge in [0.2, 0.25) is 11.8 Å². The Kier molecular flexibility index (Phi) is 3.88. The first kappa shape index (κ1) is 14.2. The number of hydrogen-bond donors (Lipinski definition) is 0. The minimum absolute atomic E-state index is 0.537. The molecule has 1 aliphatic carbocycles. The Labute approximate surface area is 138 Å². The third-order valence-corrected chi connectivity index (χ3v) is 4.81. The molecule has 1 aliphatic heterocycles. The maximum absolute atomic E-state index is 5.75. The fraction of sp³-hybridized carbons (Fsp3) is 0.500. The van der Waals surface area contributed by atoms with E-state index in [0.29, 0.717) is 5.92 Å². The van der Waals surface area contributed by atoms with Gasteiger partial charge in [-0.3, -0.25) is 4.90 Å². The summed E-state index contributed by atoms with van der Waals surface area (Å²) in [7, 11) is 0. The molecule has 1 saturated heterocycles. The predicted octanol–water partition coefficient (Wildman–Crippen LogP) is 3.03. The topological polar surface area (TPSA) is 45.4 Å². The van der Waals surface area contributed by atoms with E-state index in [-0.39, 0.29) is 0 Å². The summed E-state index contributed by atoms with van der Waals surface area (Å²) >= 11 is 3.54. The summed E-state index contributed by atoms with van der Waals surface area (Å²) in [6.45, 7) is 4.87. The molecule has 0 bridgehead atoms. The number of benzene rings is 1. The van der Waals surface area contributed by atoms with E-state index in [1.807, 2.05) is 0 Å². The SMILES string of the molecule is Brc1cccc(N2CCN(Cc3nnc(C4CC4)o3)CC2)c1. The fourth-order valence-electron chi connectivity index (χ4n) is 2.85. The quantitative estimate of drug-likeness (QED) is 0.836. The number of aromatic nitrogens is 2. The Balaban J connectivity index is 1.33. The molecule has 1 saturated carbocycles. The lowest BCUT2D eigenvalue weighted by atomic mass is 10.2. The summed E-state index contributed by atoms with van der Waals surface area (Å²) in [5, 5.41) is 8.34. The van der Waals surface area contributed by atoms with Crippen LogP contribution in [0.2, 0.25) is 0 Å². The monoisotopic (exact) mass is 362 g/mol. The van der Waals surface area contributed by atoms with Gasteiger partial charge in [0.05, 0.1) is 6.54 Å². The Morgan fingerprint density at radius 1 is 1.14 bits per heavy atom. The molecule has 0 amide bonds. The summed E-state index contributed by atoms with van der Waals surface area (Å²) in [4.78, 5) is 4.81. The van der Waals surface area contributed by atoms with E-state index in [4.69, 9.17) is 4.42 Å². The molecule has 2 fully saturated rings. The molecule has 0 unspecified atom stereocenters. The van der Waals surface area contributed by atoms with Gasteiger partial charge in [0.15, 0.2) is 0 Å². The highest BCUT2D eigenvalue weighted by Gasteiger charge is 2.29. The molecular weight excluding hydrogens is 344 g/mol. The molecule has 0 spiro atoms. The first-order valence-electron chi connectivity index (χ1n) is 7.83. The van der Waals surface area contributed by atoms with Crippen LogP contribution in [0.1, 0.15) is 30.5 Å². The van der Waals surface area contributed by atoms with E-state index in [1.165, 1.54) is 18.5 Å². The molecule has 0 radical (unpaired) electrons. The van der Waals surface area contributed by atoms with Crippen molar-refractivity contribution >= 4 is 21.6 Å². The smallest absolute Gasteiger partial charge is 0.230 e. The Hall–Kier alpha value is -1.40. The van der Waals surface area contributed by atoms with Crippen molar-refractivity contribution in [3.05, 3.63) is 40.5 Å². The van der Waals surface area contributed by atoms with Crippen LogP contribution in [-0.2, 0) is 6.54 Å². The van der Waals surface area contributed by atoms with E-state index >= 15 is 0 Å². The minimum atomic E-state index is 0.537. The van der Waals surface area contributed by atoms with Gasteiger partial charge in [-0.25, -0.2) is 0 Å². The lowest BCUT2D eigenvalue weighted by Gasteiger charge is -2.35. The van der Waals surface area contributed by atoms with Gasteiger partial charge in [-0.15, -0.1) is 10.2 Å². The van der Waals surface area contributed by atoms with Gasteiger partial charge in [-0.05, 0) is 31.0 Å². The Morgan fingerprint density at radius 2 is 1.95 bits per heavy atom. The summed E-state index contributed by atoms with van der Waals surface area (Å²) in [6, 6.07) is 8.49. The van der Waals surface area contributed by atoms with Gasteiger partial charge in [-0.2, -0.15) is 0 Å². The largest absolute Gasteiger partial charge is 0.424 e. The third kappa shape index (κ3) is 3.17. The molecule has 5 nitrogen and oxygen atoms in total. The summed E-state index contributed by atoms with van der Waals surface area (Å²) in [5.74, 6) is 2.13. The molecular formula is C16H19BrN4O. The van der Waals surface area contributed by atoms with Gasteiger partial charge in [0.25, 0.3) is 0 Å².